The fourth-order valence-electron chi connectivity index (χ4n) is 2.56. The largest absolute Gasteiger partial charge is 0.349 e. The number of nitrogens with one attached hydrogen (secondary N) is 1. The number of hydrogen-bond acceptors (Lipinski definition) is 3. The second-order valence-corrected chi connectivity index (χ2v) is 5.81. The Morgan fingerprint density at radius 2 is 2.17 bits per heavy atom. The van der Waals surface area contributed by atoms with E-state index in [-0.39, 0.29) is 0 Å². The number of fused-ring (bicyclic) bond motifs is 1. The normalized spacial score (nSPS) is 13.9. The molecule has 2 aromatic heterocycles. The van der Waals surface area contributed by atoms with Gasteiger partial charge in [0.1, 0.15) is 10.7 Å². The Morgan fingerprint density at radius 1 is 1.33 bits per heavy atom. The van der Waals surface area contributed by atoms with Crippen molar-refractivity contribution in [2.24, 2.45) is 0 Å². The molecule has 4 heteroatoms. The molecule has 0 atom stereocenters. The first kappa shape index (κ1) is 11.6. The Balaban J connectivity index is 2.33. The van der Waals surface area contributed by atoms with Gasteiger partial charge in [-0.3, -0.25) is 0 Å². The predicted molar refractivity (Wildman–Crippen MR) is 76.3 cm³/mol. The summed E-state index contributed by atoms with van der Waals surface area (Å²) in [5, 5.41) is 11.5. The third kappa shape index (κ3) is 1.80. The first-order valence-electron chi connectivity index (χ1n) is 6.03. The second-order valence-electron chi connectivity index (χ2n) is 4.46. The molecule has 2 nitrogen and oxygen atoms in total. The van der Waals surface area contributed by atoms with E-state index in [1.54, 1.807) is 11.3 Å². The molecule has 0 spiro atoms. The first-order chi connectivity index (χ1) is 8.81. The highest BCUT2D eigenvalue weighted by molar-refractivity contribution is 7.71. The second kappa shape index (κ2) is 4.68. The van der Waals surface area contributed by atoms with Crippen LogP contribution in [0.4, 0.5) is 0 Å². The minimum absolute atomic E-state index is 0.703. The zero-order valence-corrected chi connectivity index (χ0v) is 11.5. The van der Waals surface area contributed by atoms with Gasteiger partial charge in [-0.2, -0.15) is 5.26 Å². The van der Waals surface area contributed by atoms with Crippen LogP contribution >= 0.6 is 23.6 Å². The minimum atomic E-state index is 0.703. The molecular weight excluding hydrogens is 260 g/mol. The van der Waals surface area contributed by atoms with E-state index < -0.39 is 0 Å². The van der Waals surface area contributed by atoms with Crippen LogP contribution in [-0.2, 0) is 12.8 Å². The van der Waals surface area contributed by atoms with Gasteiger partial charge in [-0.15, -0.1) is 11.3 Å². The minimum Gasteiger partial charge on any atom is -0.349 e. The number of aromatic amines is 1. The lowest BCUT2D eigenvalue weighted by Gasteiger charge is -2.18. The molecule has 0 saturated carbocycles. The van der Waals surface area contributed by atoms with E-state index in [2.05, 4.69) is 11.1 Å². The number of nitrogens with zero attached hydrogens (tertiary/aromatic N) is 1. The maximum atomic E-state index is 9.49. The Bertz CT molecular complexity index is 675. The molecule has 0 amide bonds. The summed E-state index contributed by atoms with van der Waals surface area (Å²) in [5.41, 5.74) is 4.06. The third-order valence-corrected chi connectivity index (χ3v) is 4.58. The van der Waals surface area contributed by atoms with Gasteiger partial charge in [-0.1, -0.05) is 18.3 Å². The number of hydrogen-bond donors (Lipinski definition) is 1. The summed E-state index contributed by atoms with van der Waals surface area (Å²) in [5.74, 6) is 0. The number of H-pyrrole nitrogens is 1. The fourth-order valence-corrected chi connectivity index (χ4v) is 3.75. The topological polar surface area (TPSA) is 39.6 Å². The van der Waals surface area contributed by atoms with Crippen molar-refractivity contribution in [3.63, 3.8) is 0 Å². The summed E-state index contributed by atoms with van der Waals surface area (Å²) in [4.78, 5) is 4.41. The Kier molecular flexibility index (Phi) is 3.02. The van der Waals surface area contributed by atoms with Crippen molar-refractivity contribution in [3.05, 3.63) is 39.0 Å². The van der Waals surface area contributed by atoms with Crippen LogP contribution < -0.4 is 0 Å². The van der Waals surface area contributed by atoms with Gasteiger partial charge in [-0.25, -0.2) is 0 Å². The molecule has 90 valence electrons. The van der Waals surface area contributed by atoms with Crippen molar-refractivity contribution < 1.29 is 0 Å². The molecule has 1 N–H and O–H groups in total. The van der Waals surface area contributed by atoms with E-state index in [0.29, 0.717) is 4.64 Å². The van der Waals surface area contributed by atoms with Crippen LogP contribution in [0.15, 0.2) is 17.5 Å². The lowest BCUT2D eigenvalue weighted by atomic mass is 9.90. The van der Waals surface area contributed by atoms with E-state index in [0.717, 1.165) is 35.3 Å². The molecule has 0 unspecified atom stereocenters. The van der Waals surface area contributed by atoms with E-state index >= 15 is 0 Å². The molecule has 1 aliphatic rings. The Hall–Kier alpha value is -1.44. The van der Waals surface area contributed by atoms with Crippen molar-refractivity contribution in [1.82, 2.24) is 4.98 Å². The van der Waals surface area contributed by atoms with Gasteiger partial charge in [0.15, 0.2) is 0 Å². The number of rotatable bonds is 1. The van der Waals surface area contributed by atoms with Gasteiger partial charge in [0.2, 0.25) is 0 Å². The summed E-state index contributed by atoms with van der Waals surface area (Å²) in [6.45, 7) is 0. The van der Waals surface area contributed by atoms with Crippen LogP contribution in [0, 0.1) is 16.0 Å². The van der Waals surface area contributed by atoms with Gasteiger partial charge in [0, 0.05) is 16.1 Å². The molecular formula is C14H12N2S2. The highest BCUT2D eigenvalue weighted by atomic mass is 32.1. The van der Waals surface area contributed by atoms with Crippen molar-refractivity contribution in [2.45, 2.75) is 25.7 Å². The smallest absolute Gasteiger partial charge is 0.113 e. The maximum absolute atomic E-state index is 9.49. The van der Waals surface area contributed by atoms with Gasteiger partial charge >= 0.3 is 0 Å². The van der Waals surface area contributed by atoms with E-state index in [1.807, 2.05) is 17.5 Å². The van der Waals surface area contributed by atoms with Crippen LogP contribution in [-0.4, -0.2) is 4.98 Å². The molecule has 2 heterocycles. The average Bonchev–Trinajstić information content (AvgIpc) is 2.90. The van der Waals surface area contributed by atoms with E-state index in [9.17, 15) is 5.26 Å². The molecule has 0 fully saturated rings. The average molecular weight is 272 g/mol. The zero-order chi connectivity index (χ0) is 12.5. The van der Waals surface area contributed by atoms with Gasteiger partial charge in [-0.05, 0) is 42.7 Å². The highest BCUT2D eigenvalue weighted by Gasteiger charge is 2.19. The number of thiophene rings is 1. The fraction of sp³-hybridized carbons (Fsp3) is 0.286. The summed E-state index contributed by atoms with van der Waals surface area (Å²) >= 11 is 7.07. The molecule has 18 heavy (non-hydrogen) atoms. The van der Waals surface area contributed by atoms with Crippen LogP contribution in [0.25, 0.3) is 10.4 Å². The standard InChI is InChI=1S/C14H12N2S2/c15-8-10-9-4-1-2-5-11(9)16-14(17)13(10)12-6-3-7-18-12/h3,6-7H,1-2,4-5H2,(H,16,17). The highest BCUT2D eigenvalue weighted by Crippen LogP contribution is 2.33. The van der Waals surface area contributed by atoms with Crippen molar-refractivity contribution in [2.75, 3.05) is 0 Å². The summed E-state index contributed by atoms with van der Waals surface area (Å²) in [6, 6.07) is 6.40. The number of nitriles is 1. The van der Waals surface area contributed by atoms with Crippen LogP contribution in [0.2, 0.25) is 0 Å². The van der Waals surface area contributed by atoms with Gasteiger partial charge in [0.05, 0.1) is 5.56 Å². The first-order valence-corrected chi connectivity index (χ1v) is 7.32. The molecule has 2 aromatic rings. The van der Waals surface area contributed by atoms with Crippen LogP contribution in [0.5, 0.6) is 0 Å². The molecule has 0 radical (unpaired) electrons. The molecule has 0 bridgehead atoms. The zero-order valence-electron chi connectivity index (χ0n) is 9.82. The van der Waals surface area contributed by atoms with Crippen LogP contribution in [0.1, 0.15) is 29.7 Å². The predicted octanol–water partition coefficient (Wildman–Crippen LogP) is 4.22. The van der Waals surface area contributed by atoms with E-state index in [4.69, 9.17) is 12.2 Å². The SMILES string of the molecule is N#Cc1c2c([nH]c(=S)c1-c1cccs1)CCCC2. The molecule has 0 aliphatic heterocycles. The number of pyridine rings is 1. The molecule has 1 aliphatic carbocycles. The van der Waals surface area contributed by atoms with E-state index in [1.165, 1.54) is 17.7 Å². The van der Waals surface area contributed by atoms with Crippen molar-refractivity contribution in [1.29, 1.82) is 5.26 Å². The number of aromatic nitrogens is 1. The van der Waals surface area contributed by atoms with Gasteiger partial charge in [0.25, 0.3) is 0 Å². The summed E-state index contributed by atoms with van der Waals surface area (Å²) in [7, 11) is 0. The lowest BCUT2D eigenvalue weighted by molar-refractivity contribution is 0.666. The Labute approximate surface area is 115 Å². The molecule has 3 rings (SSSR count). The molecule has 0 saturated heterocycles. The quantitative estimate of drug-likeness (QED) is 0.789. The lowest BCUT2D eigenvalue weighted by Crippen LogP contribution is -2.09. The van der Waals surface area contributed by atoms with Crippen molar-refractivity contribution in [3.8, 4) is 16.5 Å². The van der Waals surface area contributed by atoms with Crippen molar-refractivity contribution >= 4 is 23.6 Å². The van der Waals surface area contributed by atoms with Crippen LogP contribution in [0.3, 0.4) is 0 Å². The van der Waals surface area contributed by atoms with Gasteiger partial charge < -0.3 is 4.98 Å². The Morgan fingerprint density at radius 3 is 2.89 bits per heavy atom. The third-order valence-electron chi connectivity index (χ3n) is 3.39. The molecule has 0 aromatic carbocycles. The maximum Gasteiger partial charge on any atom is 0.113 e. The monoisotopic (exact) mass is 272 g/mol. The summed E-state index contributed by atoms with van der Waals surface area (Å²) < 4.78 is 0.703. The number of aryl methyl sites for hydroxylation is 1. The summed E-state index contributed by atoms with van der Waals surface area (Å²) in [6.07, 6.45) is 4.35.